The first-order valence-corrected chi connectivity index (χ1v) is 15.8. The molecule has 3 nitrogen and oxygen atoms in total. The third-order valence-corrected chi connectivity index (χ3v) is 7.34. The number of aliphatic hydroxyl groups excluding tert-OH is 2. The highest BCUT2D eigenvalue weighted by Crippen LogP contribution is 2.14. The molecular weight excluding hydrogens is 418 g/mol. The lowest BCUT2D eigenvalue weighted by Crippen LogP contribution is -2.35. The first-order valence-electron chi connectivity index (χ1n) is 15.8. The molecule has 0 radical (unpaired) electrons. The van der Waals surface area contributed by atoms with E-state index in [9.17, 15) is 10.2 Å². The number of nitrogens with zero attached hydrogens (tertiary/aromatic N) is 1. The maximum absolute atomic E-state index is 9.92. The quantitative estimate of drug-likeness (QED) is 0.104. The SMILES string of the molecule is CCCCCCCCCCCCCCN(CCCCCCCCCCCCCC)CC(O)CO. The van der Waals surface area contributed by atoms with Crippen LogP contribution < -0.4 is 0 Å². The Labute approximate surface area is 215 Å². The van der Waals surface area contributed by atoms with Gasteiger partial charge in [0.15, 0.2) is 0 Å². The molecule has 0 aliphatic heterocycles. The van der Waals surface area contributed by atoms with Crippen LogP contribution in [0.4, 0.5) is 0 Å². The van der Waals surface area contributed by atoms with E-state index in [2.05, 4.69) is 18.7 Å². The third-order valence-electron chi connectivity index (χ3n) is 7.34. The number of hydrogen-bond donors (Lipinski definition) is 2. The molecule has 0 bridgehead atoms. The van der Waals surface area contributed by atoms with Crippen LogP contribution in [0, 0.1) is 0 Å². The lowest BCUT2D eigenvalue weighted by atomic mass is 10.0. The first kappa shape index (κ1) is 33.9. The molecule has 3 heteroatoms. The van der Waals surface area contributed by atoms with E-state index in [1.54, 1.807) is 0 Å². The molecule has 1 unspecified atom stereocenters. The van der Waals surface area contributed by atoms with Crippen molar-refractivity contribution < 1.29 is 10.2 Å². The maximum atomic E-state index is 9.92. The smallest absolute Gasteiger partial charge is 0.0897 e. The number of unbranched alkanes of at least 4 members (excludes halogenated alkanes) is 22. The van der Waals surface area contributed by atoms with E-state index in [1.807, 2.05) is 0 Å². The normalized spacial score (nSPS) is 12.6. The summed E-state index contributed by atoms with van der Waals surface area (Å²) in [7, 11) is 0. The molecule has 0 heterocycles. The highest BCUT2D eigenvalue weighted by Gasteiger charge is 2.10. The van der Waals surface area contributed by atoms with Crippen LogP contribution in [0.1, 0.15) is 168 Å². The van der Waals surface area contributed by atoms with Gasteiger partial charge >= 0.3 is 0 Å². The van der Waals surface area contributed by atoms with Gasteiger partial charge in [-0.3, -0.25) is 0 Å². The van der Waals surface area contributed by atoms with Gasteiger partial charge in [0.05, 0.1) is 12.7 Å². The van der Waals surface area contributed by atoms with E-state index in [-0.39, 0.29) is 6.61 Å². The second-order valence-corrected chi connectivity index (χ2v) is 10.9. The van der Waals surface area contributed by atoms with Crippen LogP contribution in [0.5, 0.6) is 0 Å². The van der Waals surface area contributed by atoms with Crippen molar-refractivity contribution in [2.24, 2.45) is 0 Å². The number of rotatable bonds is 29. The van der Waals surface area contributed by atoms with Gasteiger partial charge in [-0.1, -0.05) is 155 Å². The van der Waals surface area contributed by atoms with Crippen molar-refractivity contribution in [3.63, 3.8) is 0 Å². The summed E-state index contributed by atoms with van der Waals surface area (Å²) < 4.78 is 0. The number of hydrogen-bond acceptors (Lipinski definition) is 3. The summed E-state index contributed by atoms with van der Waals surface area (Å²) in [5, 5.41) is 19.2. The Hall–Kier alpha value is -0.120. The van der Waals surface area contributed by atoms with Crippen LogP contribution in [0.25, 0.3) is 0 Å². The minimum absolute atomic E-state index is 0.118. The van der Waals surface area contributed by atoms with E-state index in [1.165, 1.54) is 154 Å². The topological polar surface area (TPSA) is 43.7 Å². The second-order valence-electron chi connectivity index (χ2n) is 10.9. The van der Waals surface area contributed by atoms with Gasteiger partial charge in [0.1, 0.15) is 0 Å². The van der Waals surface area contributed by atoms with Crippen molar-refractivity contribution in [3.8, 4) is 0 Å². The lowest BCUT2D eigenvalue weighted by molar-refractivity contribution is 0.0579. The molecule has 0 aliphatic rings. The van der Waals surface area contributed by atoms with Crippen LogP contribution >= 0.6 is 0 Å². The summed E-state index contributed by atoms with van der Waals surface area (Å²) in [5.74, 6) is 0. The van der Waals surface area contributed by atoms with Gasteiger partial charge in [-0.05, 0) is 25.9 Å². The van der Waals surface area contributed by atoms with Gasteiger partial charge in [0.2, 0.25) is 0 Å². The van der Waals surface area contributed by atoms with Crippen molar-refractivity contribution >= 4 is 0 Å². The molecule has 0 saturated heterocycles. The molecule has 0 aromatic heterocycles. The monoisotopic (exact) mass is 484 g/mol. The molecule has 206 valence electrons. The minimum Gasteiger partial charge on any atom is -0.394 e. The fourth-order valence-corrected chi connectivity index (χ4v) is 5.00. The average Bonchev–Trinajstić information content (AvgIpc) is 2.84. The Balaban J connectivity index is 3.62. The molecule has 0 amide bonds. The summed E-state index contributed by atoms with van der Waals surface area (Å²) in [6.07, 6.45) is 32.5. The van der Waals surface area contributed by atoms with Crippen LogP contribution in [-0.4, -0.2) is 47.5 Å². The summed E-state index contributed by atoms with van der Waals surface area (Å²) in [5.41, 5.74) is 0. The van der Waals surface area contributed by atoms with E-state index in [0.29, 0.717) is 6.54 Å². The summed E-state index contributed by atoms with van der Waals surface area (Å²) in [6.45, 7) is 7.24. The number of aliphatic hydroxyl groups is 2. The Morgan fingerprint density at radius 2 is 0.706 bits per heavy atom. The van der Waals surface area contributed by atoms with Gasteiger partial charge in [0.25, 0.3) is 0 Å². The van der Waals surface area contributed by atoms with Crippen molar-refractivity contribution in [1.82, 2.24) is 4.90 Å². The van der Waals surface area contributed by atoms with Gasteiger partial charge in [-0.15, -0.1) is 0 Å². The highest BCUT2D eigenvalue weighted by atomic mass is 16.3. The summed E-state index contributed by atoms with van der Waals surface area (Å²) in [6, 6.07) is 0. The Morgan fingerprint density at radius 3 is 0.971 bits per heavy atom. The molecule has 0 aromatic rings. The van der Waals surface area contributed by atoms with Crippen LogP contribution in [0.15, 0.2) is 0 Å². The van der Waals surface area contributed by atoms with Gasteiger partial charge < -0.3 is 15.1 Å². The highest BCUT2D eigenvalue weighted by molar-refractivity contribution is 4.65. The zero-order valence-electron chi connectivity index (χ0n) is 23.7. The maximum Gasteiger partial charge on any atom is 0.0897 e. The van der Waals surface area contributed by atoms with E-state index in [4.69, 9.17) is 0 Å². The fraction of sp³-hybridized carbons (Fsp3) is 1.00. The van der Waals surface area contributed by atoms with Crippen LogP contribution in [0.2, 0.25) is 0 Å². The Morgan fingerprint density at radius 1 is 0.441 bits per heavy atom. The van der Waals surface area contributed by atoms with E-state index >= 15 is 0 Å². The predicted octanol–water partition coefficient (Wildman–Crippen LogP) is 9.04. The van der Waals surface area contributed by atoms with Gasteiger partial charge in [-0.25, -0.2) is 0 Å². The zero-order valence-corrected chi connectivity index (χ0v) is 23.7. The summed E-state index contributed by atoms with van der Waals surface area (Å²) in [4.78, 5) is 2.40. The first-order chi connectivity index (χ1) is 16.7. The van der Waals surface area contributed by atoms with E-state index < -0.39 is 6.10 Å². The standard InChI is InChI=1S/C31H65NO2/c1-3-5-7-9-11-13-15-17-19-21-23-25-27-32(29-31(34)30-33)28-26-24-22-20-18-16-14-12-10-8-6-4-2/h31,33-34H,3-30H2,1-2H3. The van der Waals surface area contributed by atoms with Crippen LogP contribution in [0.3, 0.4) is 0 Å². The predicted molar refractivity (Wildman–Crippen MR) is 152 cm³/mol. The largest absolute Gasteiger partial charge is 0.394 e. The Kier molecular flexibility index (Phi) is 29.0. The molecule has 0 fully saturated rings. The molecule has 0 spiro atoms. The molecular formula is C31H65NO2. The van der Waals surface area contributed by atoms with Crippen molar-refractivity contribution in [1.29, 1.82) is 0 Å². The third kappa shape index (κ3) is 26.5. The van der Waals surface area contributed by atoms with Crippen molar-refractivity contribution in [2.45, 2.75) is 174 Å². The zero-order chi connectivity index (χ0) is 25.0. The average molecular weight is 484 g/mol. The van der Waals surface area contributed by atoms with E-state index in [0.717, 1.165) is 13.1 Å². The molecule has 0 aliphatic carbocycles. The molecule has 2 N–H and O–H groups in total. The van der Waals surface area contributed by atoms with Crippen molar-refractivity contribution in [2.75, 3.05) is 26.2 Å². The van der Waals surface area contributed by atoms with Gasteiger partial charge in [-0.2, -0.15) is 0 Å². The van der Waals surface area contributed by atoms with Gasteiger partial charge in [0, 0.05) is 6.54 Å². The van der Waals surface area contributed by atoms with Crippen molar-refractivity contribution in [3.05, 3.63) is 0 Å². The Bertz CT molecular complexity index is 335. The molecule has 0 saturated carbocycles. The second kappa shape index (κ2) is 29.1. The minimum atomic E-state index is -0.588. The molecule has 34 heavy (non-hydrogen) atoms. The fourth-order valence-electron chi connectivity index (χ4n) is 5.00. The lowest BCUT2D eigenvalue weighted by Gasteiger charge is -2.24. The molecule has 0 rings (SSSR count). The molecule has 0 aromatic carbocycles. The molecule has 1 atom stereocenters. The summed E-state index contributed by atoms with van der Waals surface area (Å²) >= 11 is 0. The van der Waals surface area contributed by atoms with Crippen LogP contribution in [-0.2, 0) is 0 Å².